The molecular formula is C17H13NO5. The normalized spacial score (nSPS) is 12.4. The Morgan fingerprint density at radius 2 is 1.52 bits per heavy atom. The number of carboxylic acids is 1. The fraction of sp³-hybridized carbons (Fsp3) is 0.0588. The molecule has 0 saturated carbocycles. The van der Waals surface area contributed by atoms with E-state index in [0.717, 1.165) is 0 Å². The summed E-state index contributed by atoms with van der Waals surface area (Å²) in [4.78, 5) is 33.4. The zero-order valence-electron chi connectivity index (χ0n) is 12.0. The van der Waals surface area contributed by atoms with E-state index in [-0.39, 0.29) is 5.57 Å². The molecule has 1 N–H and O–H groups in total. The number of Topliss-reactive ketones (excluding diaryl/α,β-unsaturated/α-hetero) is 1. The van der Waals surface area contributed by atoms with Crippen LogP contribution in [0, 0.1) is 10.1 Å². The van der Waals surface area contributed by atoms with Crippen molar-refractivity contribution in [2.24, 2.45) is 0 Å². The molecule has 1 atom stereocenters. The van der Waals surface area contributed by atoms with E-state index in [0.29, 0.717) is 11.1 Å². The lowest BCUT2D eigenvalue weighted by atomic mass is 9.95. The molecule has 0 aliphatic heterocycles. The second-order valence-electron chi connectivity index (χ2n) is 4.73. The molecule has 0 amide bonds. The van der Waals surface area contributed by atoms with Crippen molar-refractivity contribution < 1.29 is 19.6 Å². The smallest absolute Gasteiger partial charge is 0.387 e. The lowest BCUT2D eigenvalue weighted by Gasteiger charge is -2.09. The van der Waals surface area contributed by atoms with Crippen LogP contribution in [-0.2, 0) is 9.59 Å². The standard InChI is InChI=1S/C17H13NO5/c19-16(15(17(20)21)18(22)23)14(13-9-5-2-6-10-13)11-12-7-3-1-4-8-12/h1-11,15H,(H,20,21). The summed E-state index contributed by atoms with van der Waals surface area (Å²) in [5.74, 6) is -2.84. The highest BCUT2D eigenvalue weighted by molar-refractivity contribution is 6.31. The molecule has 2 rings (SSSR count). The van der Waals surface area contributed by atoms with Gasteiger partial charge in [-0.3, -0.25) is 14.9 Å². The first kappa shape index (κ1) is 16.1. The molecule has 6 heteroatoms. The maximum atomic E-state index is 12.4. The zero-order valence-corrected chi connectivity index (χ0v) is 12.0. The van der Waals surface area contributed by atoms with Gasteiger partial charge in [-0.15, -0.1) is 0 Å². The van der Waals surface area contributed by atoms with Gasteiger partial charge in [0, 0.05) is 10.5 Å². The third-order valence-electron chi connectivity index (χ3n) is 3.15. The summed E-state index contributed by atoms with van der Waals surface area (Å²) in [6, 6.07) is 14.7. The Labute approximate surface area is 131 Å². The van der Waals surface area contributed by atoms with Crippen molar-refractivity contribution in [2.75, 3.05) is 0 Å². The van der Waals surface area contributed by atoms with Crippen LogP contribution in [0.25, 0.3) is 11.6 Å². The van der Waals surface area contributed by atoms with Crippen molar-refractivity contribution >= 4 is 23.4 Å². The highest BCUT2D eigenvalue weighted by Gasteiger charge is 2.40. The topological polar surface area (TPSA) is 97.5 Å². The summed E-state index contributed by atoms with van der Waals surface area (Å²) in [7, 11) is 0. The third-order valence-corrected chi connectivity index (χ3v) is 3.15. The molecule has 0 spiro atoms. The predicted molar refractivity (Wildman–Crippen MR) is 84.2 cm³/mol. The summed E-state index contributed by atoms with van der Waals surface area (Å²) in [5, 5.41) is 19.9. The predicted octanol–water partition coefficient (Wildman–Crippen LogP) is 2.53. The van der Waals surface area contributed by atoms with E-state index >= 15 is 0 Å². The van der Waals surface area contributed by atoms with Gasteiger partial charge in [0.1, 0.15) is 0 Å². The van der Waals surface area contributed by atoms with E-state index in [1.54, 1.807) is 60.7 Å². The molecule has 0 heterocycles. The summed E-state index contributed by atoms with van der Waals surface area (Å²) < 4.78 is 0. The Morgan fingerprint density at radius 1 is 1.00 bits per heavy atom. The maximum Gasteiger partial charge on any atom is 0.387 e. The summed E-state index contributed by atoms with van der Waals surface area (Å²) in [6.07, 6.45) is 1.46. The lowest BCUT2D eigenvalue weighted by molar-refractivity contribution is -0.495. The Morgan fingerprint density at radius 3 is 2.00 bits per heavy atom. The van der Waals surface area contributed by atoms with Crippen molar-refractivity contribution in [3.05, 3.63) is 81.9 Å². The van der Waals surface area contributed by atoms with Crippen LogP contribution in [0.4, 0.5) is 0 Å². The Balaban J connectivity index is 2.54. The number of carbonyl (C=O) groups is 2. The molecule has 0 aliphatic rings. The van der Waals surface area contributed by atoms with Crippen LogP contribution in [0.1, 0.15) is 11.1 Å². The van der Waals surface area contributed by atoms with Gasteiger partial charge in [0.15, 0.2) is 0 Å². The average molecular weight is 311 g/mol. The Bertz CT molecular complexity index is 739. The molecule has 116 valence electrons. The van der Waals surface area contributed by atoms with Gasteiger partial charge < -0.3 is 5.11 Å². The minimum atomic E-state index is -2.33. The Kier molecular flexibility index (Phi) is 4.99. The Hall–Kier alpha value is -3.28. The molecule has 1 unspecified atom stereocenters. The fourth-order valence-corrected chi connectivity index (χ4v) is 2.08. The number of aliphatic carboxylic acids is 1. The fourth-order valence-electron chi connectivity index (χ4n) is 2.08. The van der Waals surface area contributed by atoms with E-state index in [9.17, 15) is 19.7 Å². The van der Waals surface area contributed by atoms with Crippen LogP contribution in [0.2, 0.25) is 0 Å². The van der Waals surface area contributed by atoms with Crippen molar-refractivity contribution in [2.45, 2.75) is 6.04 Å². The number of nitro groups is 1. The molecule has 0 radical (unpaired) electrons. The molecule has 0 fully saturated rings. The van der Waals surface area contributed by atoms with Crippen LogP contribution in [0.3, 0.4) is 0 Å². The first-order chi connectivity index (χ1) is 11.0. The van der Waals surface area contributed by atoms with Crippen molar-refractivity contribution in [3.8, 4) is 0 Å². The highest BCUT2D eigenvalue weighted by atomic mass is 16.6. The first-order valence-electron chi connectivity index (χ1n) is 6.73. The van der Waals surface area contributed by atoms with E-state index in [1.807, 2.05) is 0 Å². The van der Waals surface area contributed by atoms with Crippen molar-refractivity contribution in [1.82, 2.24) is 0 Å². The number of carbonyl (C=O) groups excluding carboxylic acids is 1. The number of hydrogen-bond acceptors (Lipinski definition) is 4. The average Bonchev–Trinajstić information content (AvgIpc) is 2.53. The number of ketones is 1. The molecular weight excluding hydrogens is 298 g/mol. The van der Waals surface area contributed by atoms with E-state index in [1.165, 1.54) is 6.08 Å². The number of nitrogens with zero attached hydrogens (tertiary/aromatic N) is 1. The minimum Gasteiger partial charge on any atom is -0.476 e. The van der Waals surface area contributed by atoms with E-state index < -0.39 is 22.7 Å². The van der Waals surface area contributed by atoms with Crippen LogP contribution in [0.15, 0.2) is 60.7 Å². The van der Waals surface area contributed by atoms with Gasteiger partial charge in [-0.05, 0) is 17.2 Å². The number of hydrogen-bond donors (Lipinski definition) is 1. The summed E-state index contributed by atoms with van der Waals surface area (Å²) >= 11 is 0. The molecule has 0 aliphatic carbocycles. The molecule has 2 aromatic carbocycles. The molecule has 0 aromatic heterocycles. The van der Waals surface area contributed by atoms with E-state index in [4.69, 9.17) is 5.11 Å². The van der Waals surface area contributed by atoms with Crippen molar-refractivity contribution in [1.29, 1.82) is 0 Å². The third kappa shape index (κ3) is 3.88. The molecule has 6 nitrogen and oxygen atoms in total. The van der Waals surface area contributed by atoms with Crippen molar-refractivity contribution in [3.63, 3.8) is 0 Å². The van der Waals surface area contributed by atoms with Crippen LogP contribution >= 0.6 is 0 Å². The van der Waals surface area contributed by atoms with Gasteiger partial charge in [-0.25, -0.2) is 4.79 Å². The molecule has 23 heavy (non-hydrogen) atoms. The SMILES string of the molecule is O=C(O)C(C(=O)C(=Cc1ccccc1)c1ccccc1)[N+](=O)[O-]. The molecule has 0 saturated heterocycles. The van der Waals surface area contributed by atoms with Gasteiger partial charge in [0.05, 0.1) is 0 Å². The second-order valence-corrected chi connectivity index (χ2v) is 4.73. The number of benzene rings is 2. The minimum absolute atomic E-state index is 0.0131. The van der Waals surface area contributed by atoms with Gasteiger partial charge in [0.2, 0.25) is 5.78 Å². The van der Waals surface area contributed by atoms with E-state index in [2.05, 4.69) is 0 Å². The van der Waals surface area contributed by atoms with Crippen LogP contribution in [-0.4, -0.2) is 27.8 Å². The molecule has 0 bridgehead atoms. The zero-order chi connectivity index (χ0) is 16.8. The monoisotopic (exact) mass is 311 g/mol. The van der Waals surface area contributed by atoms with Gasteiger partial charge >= 0.3 is 12.0 Å². The summed E-state index contributed by atoms with van der Waals surface area (Å²) in [6.45, 7) is 0. The molecule has 2 aromatic rings. The second kappa shape index (κ2) is 7.13. The largest absolute Gasteiger partial charge is 0.476 e. The highest BCUT2D eigenvalue weighted by Crippen LogP contribution is 2.21. The maximum absolute atomic E-state index is 12.4. The van der Waals surface area contributed by atoms with Crippen LogP contribution in [0.5, 0.6) is 0 Å². The first-order valence-corrected chi connectivity index (χ1v) is 6.73. The lowest BCUT2D eigenvalue weighted by Crippen LogP contribution is -2.37. The summed E-state index contributed by atoms with van der Waals surface area (Å²) in [5.41, 5.74) is 1.06. The van der Waals surface area contributed by atoms with Gasteiger partial charge in [-0.1, -0.05) is 60.7 Å². The van der Waals surface area contributed by atoms with Gasteiger partial charge in [0.25, 0.3) is 0 Å². The number of carboxylic acid groups (broad SMARTS) is 1. The quantitative estimate of drug-likeness (QED) is 0.291. The number of rotatable bonds is 6. The van der Waals surface area contributed by atoms with Crippen LogP contribution < -0.4 is 0 Å². The van der Waals surface area contributed by atoms with Gasteiger partial charge in [-0.2, -0.15) is 0 Å².